The van der Waals surface area contributed by atoms with Gasteiger partial charge in [0.05, 0.1) is 26.7 Å². The predicted molar refractivity (Wildman–Crippen MR) is 132 cm³/mol. The Morgan fingerprint density at radius 2 is 1.86 bits per heavy atom. The molecular formula is C24H18Cl2N4O6. The largest absolute Gasteiger partial charge is 0.481 e. The molecule has 0 spiro atoms. The molecule has 12 heteroatoms. The molecule has 4 rings (SSSR count). The monoisotopic (exact) mass is 528 g/mol. The van der Waals surface area contributed by atoms with E-state index in [0.717, 1.165) is 28.6 Å². The zero-order chi connectivity index (χ0) is 26.0. The number of aryl methyl sites for hydroxylation is 1. The Bertz CT molecular complexity index is 1490. The number of hydrogen-bond donors (Lipinski definition) is 1. The highest BCUT2D eigenvalue weighted by Gasteiger charge is 2.25. The van der Waals surface area contributed by atoms with Gasteiger partial charge in [0.1, 0.15) is 23.9 Å². The number of nitro benzene ring substituents is 1. The molecule has 0 saturated heterocycles. The van der Waals surface area contributed by atoms with E-state index >= 15 is 0 Å². The van der Waals surface area contributed by atoms with Gasteiger partial charge >= 0.3 is 11.9 Å². The van der Waals surface area contributed by atoms with Crippen molar-refractivity contribution in [3.05, 3.63) is 92.0 Å². The first kappa shape index (κ1) is 25.1. The lowest BCUT2D eigenvalue weighted by Gasteiger charge is -2.19. The minimum absolute atomic E-state index is 0.00835. The molecule has 0 aliphatic heterocycles. The van der Waals surface area contributed by atoms with Gasteiger partial charge in [-0.25, -0.2) is 4.98 Å². The Kier molecular flexibility index (Phi) is 7.18. The number of ether oxygens (including phenoxy) is 1. The predicted octanol–water partition coefficient (Wildman–Crippen LogP) is 5.25. The van der Waals surface area contributed by atoms with Crippen LogP contribution in [0.2, 0.25) is 10.0 Å². The van der Waals surface area contributed by atoms with Crippen molar-refractivity contribution >= 4 is 51.9 Å². The highest BCUT2D eigenvalue weighted by atomic mass is 35.5. The van der Waals surface area contributed by atoms with E-state index in [2.05, 4.69) is 9.97 Å². The molecule has 0 bridgehead atoms. The fourth-order valence-corrected chi connectivity index (χ4v) is 4.22. The second-order valence-corrected chi connectivity index (χ2v) is 8.67. The molecule has 1 atom stereocenters. The molecular weight excluding hydrogens is 511 g/mol. The van der Waals surface area contributed by atoms with Gasteiger partial charge in [-0.05, 0) is 36.8 Å². The van der Waals surface area contributed by atoms with Crippen molar-refractivity contribution in [1.29, 1.82) is 0 Å². The zero-order valence-corrected chi connectivity index (χ0v) is 20.2. The summed E-state index contributed by atoms with van der Waals surface area (Å²) in [4.78, 5) is 42.8. The van der Waals surface area contributed by atoms with Gasteiger partial charge in [0.15, 0.2) is 0 Å². The third kappa shape index (κ3) is 5.29. The third-order valence-corrected chi connectivity index (χ3v) is 6.16. The number of esters is 1. The van der Waals surface area contributed by atoms with Crippen LogP contribution in [-0.2, 0) is 20.7 Å². The maximum Gasteiger partial charge on any atom is 0.317 e. The van der Waals surface area contributed by atoms with Crippen LogP contribution in [0.4, 0.5) is 5.69 Å². The van der Waals surface area contributed by atoms with Crippen LogP contribution < -0.4 is 0 Å². The average Bonchev–Trinajstić information content (AvgIpc) is 3.15. The SMILES string of the molecule is Cc1nc2cnccc2n1-c1ccc(C(Cc2cc(Cl)c(Cl)cc2[N+](=O)[O-])OC(=O)CC(=O)O)cc1. The number of nitro groups is 1. The molecule has 2 aromatic carbocycles. The minimum Gasteiger partial charge on any atom is -0.481 e. The summed E-state index contributed by atoms with van der Waals surface area (Å²) < 4.78 is 7.36. The standard InChI is InChI=1S/C24H18Cl2N4O6/c1-13-28-19-12-27-7-6-20(19)29(13)16-4-2-14(3-5-16)22(36-24(33)11-23(31)32)9-15-8-17(25)18(26)10-21(15)30(34)35/h2-8,10,12,22H,9,11H2,1H3,(H,31,32). The molecule has 4 aromatic rings. The average molecular weight is 529 g/mol. The first-order valence-electron chi connectivity index (χ1n) is 10.6. The van der Waals surface area contributed by atoms with Crippen LogP contribution >= 0.6 is 23.2 Å². The molecule has 0 saturated carbocycles. The van der Waals surface area contributed by atoms with Crippen LogP contribution in [0.5, 0.6) is 0 Å². The van der Waals surface area contributed by atoms with Gasteiger partial charge in [0.25, 0.3) is 5.69 Å². The summed E-state index contributed by atoms with van der Waals surface area (Å²) in [5, 5.41) is 20.7. The van der Waals surface area contributed by atoms with Gasteiger partial charge < -0.3 is 9.84 Å². The number of nitrogens with zero attached hydrogens (tertiary/aromatic N) is 4. The highest BCUT2D eigenvalue weighted by Crippen LogP contribution is 2.34. The number of aliphatic carboxylic acids is 1. The van der Waals surface area contributed by atoms with Gasteiger partial charge in [-0.2, -0.15) is 0 Å². The Morgan fingerprint density at radius 1 is 1.17 bits per heavy atom. The number of rotatable bonds is 8. The molecule has 0 aliphatic rings. The van der Waals surface area contributed by atoms with Crippen LogP contribution in [0.15, 0.2) is 54.9 Å². The van der Waals surface area contributed by atoms with Crippen molar-refractivity contribution in [1.82, 2.24) is 14.5 Å². The van der Waals surface area contributed by atoms with Crippen molar-refractivity contribution in [2.75, 3.05) is 0 Å². The number of carbonyl (C=O) groups is 2. The number of carboxylic acids is 1. The lowest BCUT2D eigenvalue weighted by Crippen LogP contribution is -2.17. The van der Waals surface area contributed by atoms with Crippen molar-refractivity contribution in [2.24, 2.45) is 0 Å². The summed E-state index contributed by atoms with van der Waals surface area (Å²) in [6.45, 7) is 1.85. The number of pyridine rings is 1. The smallest absolute Gasteiger partial charge is 0.317 e. The van der Waals surface area contributed by atoms with Gasteiger partial charge in [-0.3, -0.25) is 29.3 Å². The lowest BCUT2D eigenvalue weighted by atomic mass is 9.99. The molecule has 2 aromatic heterocycles. The van der Waals surface area contributed by atoms with Crippen molar-refractivity contribution < 1.29 is 24.4 Å². The van der Waals surface area contributed by atoms with Crippen LogP contribution in [0, 0.1) is 17.0 Å². The first-order chi connectivity index (χ1) is 17.1. The quantitative estimate of drug-likeness (QED) is 0.142. The minimum atomic E-state index is -1.36. The first-order valence-corrected chi connectivity index (χ1v) is 11.3. The van der Waals surface area contributed by atoms with Gasteiger partial charge in [-0.15, -0.1) is 0 Å². The summed E-state index contributed by atoms with van der Waals surface area (Å²) in [6.07, 6.45) is 1.32. The summed E-state index contributed by atoms with van der Waals surface area (Å²) in [7, 11) is 0. The second-order valence-electron chi connectivity index (χ2n) is 7.86. The van der Waals surface area contributed by atoms with Gasteiger partial charge in [-0.1, -0.05) is 35.3 Å². The van der Waals surface area contributed by atoms with Crippen molar-refractivity contribution in [2.45, 2.75) is 25.9 Å². The summed E-state index contributed by atoms with van der Waals surface area (Å²) in [6, 6.07) is 11.3. The van der Waals surface area contributed by atoms with E-state index in [1.165, 1.54) is 6.07 Å². The number of carbonyl (C=O) groups excluding carboxylic acids is 1. The normalized spacial score (nSPS) is 11.9. The Hall–Kier alpha value is -4.02. The molecule has 36 heavy (non-hydrogen) atoms. The van der Waals surface area contributed by atoms with Gasteiger partial charge in [0.2, 0.25) is 0 Å². The zero-order valence-electron chi connectivity index (χ0n) is 18.7. The van der Waals surface area contributed by atoms with Crippen LogP contribution in [-0.4, -0.2) is 36.5 Å². The second kappa shape index (κ2) is 10.3. The maximum atomic E-state index is 12.2. The summed E-state index contributed by atoms with van der Waals surface area (Å²) in [5.74, 6) is -1.60. The number of fused-ring (bicyclic) bond motifs is 1. The fourth-order valence-electron chi connectivity index (χ4n) is 3.88. The molecule has 2 heterocycles. The highest BCUT2D eigenvalue weighted by molar-refractivity contribution is 6.42. The Morgan fingerprint density at radius 3 is 2.53 bits per heavy atom. The fraction of sp³-hybridized carbons (Fsp3) is 0.167. The Balaban J connectivity index is 1.72. The number of carboxylic acid groups (broad SMARTS) is 1. The van der Waals surface area contributed by atoms with E-state index < -0.39 is 29.4 Å². The van der Waals surface area contributed by atoms with Crippen LogP contribution in [0.1, 0.15) is 29.5 Å². The number of imidazole rings is 1. The number of halogens is 2. The molecule has 1 unspecified atom stereocenters. The van der Waals surface area contributed by atoms with E-state index in [4.69, 9.17) is 33.0 Å². The number of hydrogen-bond acceptors (Lipinski definition) is 7. The van der Waals surface area contributed by atoms with Crippen LogP contribution in [0.3, 0.4) is 0 Å². The number of aromatic nitrogens is 3. The molecule has 0 amide bonds. The van der Waals surface area contributed by atoms with E-state index in [9.17, 15) is 19.7 Å². The third-order valence-electron chi connectivity index (χ3n) is 5.44. The van der Waals surface area contributed by atoms with E-state index in [1.807, 2.05) is 17.6 Å². The lowest BCUT2D eigenvalue weighted by molar-refractivity contribution is -0.385. The molecule has 0 radical (unpaired) electrons. The van der Waals surface area contributed by atoms with E-state index in [-0.39, 0.29) is 27.7 Å². The molecule has 0 fully saturated rings. The summed E-state index contributed by atoms with van der Waals surface area (Å²) >= 11 is 12.0. The number of benzene rings is 2. The van der Waals surface area contributed by atoms with Gasteiger partial charge in [0, 0.05) is 29.9 Å². The molecule has 0 aliphatic carbocycles. The van der Waals surface area contributed by atoms with E-state index in [0.29, 0.717) is 5.56 Å². The van der Waals surface area contributed by atoms with Crippen molar-refractivity contribution in [3.63, 3.8) is 0 Å². The molecule has 1 N–H and O–H groups in total. The summed E-state index contributed by atoms with van der Waals surface area (Å²) in [5.41, 5.74) is 2.74. The molecule has 10 nitrogen and oxygen atoms in total. The Labute approximate surface area is 214 Å². The van der Waals surface area contributed by atoms with Crippen LogP contribution in [0.25, 0.3) is 16.7 Å². The van der Waals surface area contributed by atoms with E-state index in [1.54, 1.807) is 36.7 Å². The maximum absolute atomic E-state index is 12.2. The topological polar surface area (TPSA) is 137 Å². The van der Waals surface area contributed by atoms with Crippen molar-refractivity contribution in [3.8, 4) is 5.69 Å². The molecule has 184 valence electrons.